The van der Waals surface area contributed by atoms with Crippen molar-refractivity contribution in [2.45, 2.75) is 32.7 Å². The molecular formula is C23H24BrNO3. The Balaban J connectivity index is 1.47. The highest BCUT2D eigenvalue weighted by molar-refractivity contribution is 9.10. The van der Waals surface area contributed by atoms with Gasteiger partial charge in [-0.2, -0.15) is 0 Å². The Morgan fingerprint density at radius 2 is 1.68 bits per heavy atom. The molecule has 146 valence electrons. The molecule has 1 aromatic heterocycles. The van der Waals surface area contributed by atoms with Crippen molar-refractivity contribution in [2.75, 3.05) is 6.61 Å². The first-order valence-corrected chi connectivity index (χ1v) is 9.95. The summed E-state index contributed by atoms with van der Waals surface area (Å²) in [4.78, 5) is 12.0. The number of carbonyl (C=O) groups excluding carboxylic acids is 1. The summed E-state index contributed by atoms with van der Waals surface area (Å²) in [5.74, 6) is 1.95. The molecule has 0 bridgehead atoms. The first-order chi connectivity index (χ1) is 13.3. The van der Waals surface area contributed by atoms with Crippen molar-refractivity contribution in [1.82, 2.24) is 5.32 Å². The van der Waals surface area contributed by atoms with Crippen molar-refractivity contribution < 1.29 is 13.9 Å². The number of ether oxygens (including phenoxy) is 1. The molecule has 0 unspecified atom stereocenters. The molecule has 1 heterocycles. The zero-order valence-corrected chi connectivity index (χ0v) is 17.9. The van der Waals surface area contributed by atoms with Crippen molar-refractivity contribution in [3.63, 3.8) is 0 Å². The fraction of sp³-hybridized carbons (Fsp3) is 0.261. The molecule has 4 nitrogen and oxygen atoms in total. The third kappa shape index (κ3) is 5.49. The normalized spacial score (nSPS) is 11.3. The van der Waals surface area contributed by atoms with E-state index in [1.807, 2.05) is 60.7 Å². The van der Waals surface area contributed by atoms with E-state index in [-0.39, 0.29) is 17.9 Å². The van der Waals surface area contributed by atoms with Gasteiger partial charge in [-0.25, -0.2) is 0 Å². The number of furan rings is 1. The topological polar surface area (TPSA) is 51.5 Å². The van der Waals surface area contributed by atoms with Gasteiger partial charge < -0.3 is 14.5 Å². The SMILES string of the molecule is CC(C)(C)c1ccc(OCC(=O)NCc2ccc(-c3ccc(Br)cc3)o2)cc1. The van der Waals surface area contributed by atoms with Crippen LogP contribution in [0.1, 0.15) is 32.1 Å². The van der Waals surface area contributed by atoms with Gasteiger partial charge in [0.05, 0.1) is 6.54 Å². The number of nitrogens with one attached hydrogen (secondary N) is 1. The van der Waals surface area contributed by atoms with Gasteiger partial charge in [0, 0.05) is 10.0 Å². The molecule has 0 spiro atoms. The van der Waals surface area contributed by atoms with Crippen LogP contribution >= 0.6 is 15.9 Å². The van der Waals surface area contributed by atoms with Crippen LogP contribution in [0.4, 0.5) is 0 Å². The molecule has 3 rings (SSSR count). The molecule has 0 saturated carbocycles. The lowest BCUT2D eigenvalue weighted by Gasteiger charge is -2.19. The van der Waals surface area contributed by atoms with Gasteiger partial charge in [0.15, 0.2) is 6.61 Å². The van der Waals surface area contributed by atoms with Crippen molar-refractivity contribution >= 4 is 21.8 Å². The maximum absolute atomic E-state index is 12.0. The van der Waals surface area contributed by atoms with E-state index in [4.69, 9.17) is 9.15 Å². The zero-order valence-electron chi connectivity index (χ0n) is 16.3. The first-order valence-electron chi connectivity index (χ1n) is 9.16. The lowest BCUT2D eigenvalue weighted by atomic mass is 9.87. The maximum atomic E-state index is 12.0. The fourth-order valence-electron chi connectivity index (χ4n) is 2.68. The summed E-state index contributed by atoms with van der Waals surface area (Å²) in [6.07, 6.45) is 0. The Kier molecular flexibility index (Phi) is 6.25. The van der Waals surface area contributed by atoms with Crippen LogP contribution in [0.2, 0.25) is 0 Å². The van der Waals surface area contributed by atoms with Crippen molar-refractivity contribution in [1.29, 1.82) is 0 Å². The van der Waals surface area contributed by atoms with Gasteiger partial charge >= 0.3 is 0 Å². The molecule has 0 saturated heterocycles. The predicted octanol–water partition coefficient (Wildman–Crippen LogP) is 5.70. The zero-order chi connectivity index (χ0) is 20.1. The molecule has 5 heteroatoms. The van der Waals surface area contributed by atoms with Crippen LogP contribution in [-0.2, 0) is 16.8 Å². The summed E-state index contributed by atoms with van der Waals surface area (Å²) in [6.45, 7) is 6.77. The van der Waals surface area contributed by atoms with Gasteiger partial charge in [-0.05, 0) is 47.4 Å². The molecule has 0 aliphatic carbocycles. The molecule has 0 radical (unpaired) electrons. The highest BCUT2D eigenvalue weighted by Gasteiger charge is 2.13. The maximum Gasteiger partial charge on any atom is 0.258 e. The van der Waals surface area contributed by atoms with Crippen molar-refractivity contribution in [2.24, 2.45) is 0 Å². The molecular weight excluding hydrogens is 418 g/mol. The molecule has 1 amide bonds. The van der Waals surface area contributed by atoms with Gasteiger partial charge in [-0.15, -0.1) is 0 Å². The van der Waals surface area contributed by atoms with Crippen LogP contribution in [0.5, 0.6) is 5.75 Å². The van der Waals surface area contributed by atoms with E-state index in [0.29, 0.717) is 18.1 Å². The van der Waals surface area contributed by atoms with Gasteiger partial charge in [-0.1, -0.05) is 61.0 Å². The van der Waals surface area contributed by atoms with E-state index in [1.165, 1.54) is 5.56 Å². The van der Waals surface area contributed by atoms with E-state index in [1.54, 1.807) is 0 Å². The lowest BCUT2D eigenvalue weighted by molar-refractivity contribution is -0.123. The minimum Gasteiger partial charge on any atom is -0.484 e. The molecule has 0 aliphatic rings. The Labute approximate surface area is 174 Å². The van der Waals surface area contributed by atoms with E-state index in [2.05, 4.69) is 42.0 Å². The van der Waals surface area contributed by atoms with Crippen LogP contribution in [0, 0.1) is 0 Å². The van der Waals surface area contributed by atoms with Crippen LogP contribution in [0.3, 0.4) is 0 Å². The average Bonchev–Trinajstić information content (AvgIpc) is 3.14. The summed E-state index contributed by atoms with van der Waals surface area (Å²) in [5, 5.41) is 2.81. The number of carbonyl (C=O) groups is 1. The average molecular weight is 442 g/mol. The summed E-state index contributed by atoms with van der Waals surface area (Å²) in [7, 11) is 0. The quantitative estimate of drug-likeness (QED) is 0.533. The summed E-state index contributed by atoms with van der Waals surface area (Å²) in [6, 6.07) is 19.5. The summed E-state index contributed by atoms with van der Waals surface area (Å²) < 4.78 is 12.4. The number of halogens is 1. The highest BCUT2D eigenvalue weighted by Crippen LogP contribution is 2.25. The monoisotopic (exact) mass is 441 g/mol. The second kappa shape index (κ2) is 8.65. The van der Waals surface area contributed by atoms with E-state index in [9.17, 15) is 4.79 Å². The van der Waals surface area contributed by atoms with Crippen molar-refractivity contribution in [3.8, 4) is 17.1 Å². The summed E-state index contributed by atoms with van der Waals surface area (Å²) >= 11 is 3.42. The molecule has 0 aliphatic heterocycles. The lowest BCUT2D eigenvalue weighted by Crippen LogP contribution is -2.28. The smallest absolute Gasteiger partial charge is 0.258 e. The number of rotatable bonds is 6. The van der Waals surface area contributed by atoms with Gasteiger partial charge in [0.25, 0.3) is 5.91 Å². The largest absolute Gasteiger partial charge is 0.484 e. The number of amides is 1. The molecule has 28 heavy (non-hydrogen) atoms. The Morgan fingerprint density at radius 3 is 2.32 bits per heavy atom. The minimum atomic E-state index is -0.193. The van der Waals surface area contributed by atoms with Gasteiger partial charge in [-0.3, -0.25) is 4.79 Å². The highest BCUT2D eigenvalue weighted by atomic mass is 79.9. The summed E-state index contributed by atoms with van der Waals surface area (Å²) in [5.41, 5.74) is 2.31. The Hall–Kier alpha value is -2.53. The van der Waals surface area contributed by atoms with E-state index < -0.39 is 0 Å². The predicted molar refractivity (Wildman–Crippen MR) is 114 cm³/mol. The van der Waals surface area contributed by atoms with Gasteiger partial charge in [0.2, 0.25) is 0 Å². The van der Waals surface area contributed by atoms with Crippen LogP contribution < -0.4 is 10.1 Å². The van der Waals surface area contributed by atoms with E-state index in [0.717, 1.165) is 15.8 Å². The second-order valence-electron chi connectivity index (χ2n) is 7.61. The third-order valence-corrected chi connectivity index (χ3v) is 4.87. The first kappa shape index (κ1) is 20.2. The number of hydrogen-bond acceptors (Lipinski definition) is 3. The number of benzene rings is 2. The van der Waals surface area contributed by atoms with Crippen LogP contribution in [-0.4, -0.2) is 12.5 Å². The van der Waals surface area contributed by atoms with Crippen LogP contribution in [0.15, 0.2) is 69.6 Å². The molecule has 3 aromatic rings. The number of hydrogen-bond donors (Lipinski definition) is 1. The molecule has 0 fully saturated rings. The van der Waals surface area contributed by atoms with Crippen molar-refractivity contribution in [3.05, 3.63) is 76.5 Å². The van der Waals surface area contributed by atoms with Gasteiger partial charge in [0.1, 0.15) is 17.3 Å². The van der Waals surface area contributed by atoms with Crippen LogP contribution in [0.25, 0.3) is 11.3 Å². The van der Waals surface area contributed by atoms with E-state index >= 15 is 0 Å². The fourth-order valence-corrected chi connectivity index (χ4v) is 2.94. The minimum absolute atomic E-state index is 0.0326. The standard InChI is InChI=1S/C23H24BrNO3/c1-23(2,3)17-6-10-19(11-7-17)27-15-22(26)25-14-20-12-13-21(28-20)16-4-8-18(24)9-5-16/h4-13H,14-15H2,1-3H3,(H,25,26). The molecule has 0 atom stereocenters. The second-order valence-corrected chi connectivity index (χ2v) is 8.53. The molecule has 2 aromatic carbocycles. The Morgan fingerprint density at radius 1 is 1.00 bits per heavy atom. The third-order valence-electron chi connectivity index (χ3n) is 4.34. The molecule has 1 N–H and O–H groups in total. The Bertz CT molecular complexity index is 922.